The molecule has 0 bridgehead atoms. The first kappa shape index (κ1) is 26.0. The van der Waals surface area contributed by atoms with Crippen LogP contribution in [-0.2, 0) is 27.7 Å². The second kappa shape index (κ2) is 11.2. The van der Waals surface area contributed by atoms with Crippen molar-refractivity contribution in [3.8, 4) is 11.5 Å². The van der Waals surface area contributed by atoms with Gasteiger partial charge in [0.15, 0.2) is 11.5 Å². The lowest BCUT2D eigenvalue weighted by molar-refractivity contribution is -0.134. The highest BCUT2D eigenvalue weighted by Gasteiger charge is 2.31. The molecule has 0 N–H and O–H groups in total. The summed E-state index contributed by atoms with van der Waals surface area (Å²) in [5.74, 6) is 0.521. The molecule has 2 aromatic carbocycles. The van der Waals surface area contributed by atoms with Crippen LogP contribution < -0.4 is 9.47 Å². The minimum Gasteiger partial charge on any atom is -0.493 e. The number of likely N-dealkylation sites (N-methyl/N-ethyl adjacent to an activating group) is 1. The Morgan fingerprint density at radius 1 is 1.00 bits per heavy atom. The standard InChI is InChI=1S/C25H35N3O5S/c1-26(2)34(30,31)23-18-22(33-5)21(32-4)16-20(23)17-25(29)27(3)24(28-13-9-10-14-28)15-19-11-7-6-8-12-19/h6-8,11-12,16,18,24H,9-10,13-15,17H2,1-5H3. The van der Waals surface area contributed by atoms with E-state index in [1.165, 1.54) is 34.4 Å². The second-order valence-electron chi connectivity index (χ2n) is 8.70. The van der Waals surface area contributed by atoms with E-state index in [-0.39, 0.29) is 23.4 Å². The summed E-state index contributed by atoms with van der Waals surface area (Å²) in [6.45, 7) is 1.87. The molecule has 1 aliphatic heterocycles. The lowest BCUT2D eigenvalue weighted by Gasteiger charge is -2.36. The fraction of sp³-hybridized carbons (Fsp3) is 0.480. The van der Waals surface area contributed by atoms with E-state index in [2.05, 4.69) is 17.0 Å². The second-order valence-corrected chi connectivity index (χ2v) is 10.8. The zero-order valence-electron chi connectivity index (χ0n) is 20.7. The lowest BCUT2D eigenvalue weighted by Crippen LogP contribution is -2.49. The number of likely N-dealkylation sites (tertiary alicyclic amines) is 1. The van der Waals surface area contributed by atoms with Crippen molar-refractivity contribution in [3.05, 3.63) is 53.6 Å². The molecule has 186 valence electrons. The van der Waals surface area contributed by atoms with Crippen LogP contribution in [0, 0.1) is 0 Å². The third-order valence-electron chi connectivity index (χ3n) is 6.33. The Morgan fingerprint density at radius 3 is 2.15 bits per heavy atom. The number of nitrogens with zero attached hydrogens (tertiary/aromatic N) is 3. The molecule has 1 saturated heterocycles. The average Bonchev–Trinajstić information content (AvgIpc) is 3.36. The van der Waals surface area contributed by atoms with E-state index in [4.69, 9.17) is 9.47 Å². The Kier molecular flexibility index (Phi) is 8.57. The zero-order valence-corrected chi connectivity index (χ0v) is 21.5. The van der Waals surface area contributed by atoms with E-state index >= 15 is 0 Å². The summed E-state index contributed by atoms with van der Waals surface area (Å²) in [5, 5.41) is 0. The fourth-order valence-corrected chi connectivity index (χ4v) is 5.42. The first-order chi connectivity index (χ1) is 16.2. The minimum atomic E-state index is -3.80. The lowest BCUT2D eigenvalue weighted by atomic mass is 10.1. The first-order valence-electron chi connectivity index (χ1n) is 11.4. The topological polar surface area (TPSA) is 79.4 Å². The van der Waals surface area contributed by atoms with E-state index in [1.54, 1.807) is 18.0 Å². The first-order valence-corrected chi connectivity index (χ1v) is 12.8. The van der Waals surface area contributed by atoms with Crippen molar-refractivity contribution in [1.82, 2.24) is 14.1 Å². The van der Waals surface area contributed by atoms with Gasteiger partial charge in [-0.15, -0.1) is 0 Å². The van der Waals surface area contributed by atoms with E-state index in [0.29, 0.717) is 23.5 Å². The minimum absolute atomic E-state index is 0.0395. The van der Waals surface area contributed by atoms with Gasteiger partial charge < -0.3 is 14.4 Å². The van der Waals surface area contributed by atoms with Gasteiger partial charge in [0, 0.05) is 46.7 Å². The number of carbonyl (C=O) groups is 1. The van der Waals surface area contributed by atoms with Crippen LogP contribution in [0.25, 0.3) is 0 Å². The molecule has 3 rings (SSSR count). The van der Waals surface area contributed by atoms with Crippen LogP contribution in [0.2, 0.25) is 0 Å². The number of sulfonamides is 1. The Balaban J connectivity index is 1.94. The van der Waals surface area contributed by atoms with Crippen molar-refractivity contribution in [2.45, 2.75) is 36.7 Å². The number of carbonyl (C=O) groups excluding carboxylic acids is 1. The zero-order chi connectivity index (χ0) is 24.9. The molecule has 8 nitrogen and oxygen atoms in total. The van der Waals surface area contributed by atoms with Gasteiger partial charge in [0.05, 0.1) is 31.7 Å². The molecule has 0 aliphatic carbocycles. The maximum atomic E-state index is 13.5. The molecule has 0 aromatic heterocycles. The number of hydrogen-bond acceptors (Lipinski definition) is 6. The third-order valence-corrected chi connectivity index (χ3v) is 8.23. The molecule has 9 heteroatoms. The average molecular weight is 490 g/mol. The van der Waals surface area contributed by atoms with Gasteiger partial charge in [-0.2, -0.15) is 0 Å². The van der Waals surface area contributed by atoms with Gasteiger partial charge in [-0.3, -0.25) is 9.69 Å². The van der Waals surface area contributed by atoms with Gasteiger partial charge in [-0.25, -0.2) is 12.7 Å². The molecule has 1 amide bonds. The van der Waals surface area contributed by atoms with Crippen LogP contribution >= 0.6 is 0 Å². The van der Waals surface area contributed by atoms with Crippen LogP contribution in [0.5, 0.6) is 11.5 Å². The van der Waals surface area contributed by atoms with Crippen molar-refractivity contribution in [2.24, 2.45) is 0 Å². The largest absolute Gasteiger partial charge is 0.493 e. The SMILES string of the molecule is COc1cc(CC(=O)N(C)C(Cc2ccccc2)N2CCCC2)c(S(=O)(=O)N(C)C)cc1OC. The van der Waals surface area contributed by atoms with E-state index < -0.39 is 10.0 Å². The molecule has 1 unspecified atom stereocenters. The fourth-order valence-electron chi connectivity index (χ4n) is 4.31. The van der Waals surface area contributed by atoms with Crippen LogP contribution in [-0.4, -0.2) is 83.0 Å². The highest BCUT2D eigenvalue weighted by Crippen LogP contribution is 2.34. The van der Waals surface area contributed by atoms with Crippen LogP contribution in [0.1, 0.15) is 24.0 Å². The summed E-state index contributed by atoms with van der Waals surface area (Å²) in [6, 6.07) is 13.1. The number of ether oxygens (including phenoxy) is 2. The number of benzene rings is 2. The van der Waals surface area contributed by atoms with E-state index in [1.807, 2.05) is 18.2 Å². The normalized spacial score (nSPS) is 15.4. The Bertz CT molecular complexity index is 1080. The molecular weight excluding hydrogens is 454 g/mol. The summed E-state index contributed by atoms with van der Waals surface area (Å²) >= 11 is 0. The predicted molar refractivity (Wildman–Crippen MR) is 132 cm³/mol. The maximum Gasteiger partial charge on any atom is 0.242 e. The number of rotatable bonds is 10. The summed E-state index contributed by atoms with van der Waals surface area (Å²) in [7, 11) is 3.86. The molecule has 1 atom stereocenters. The molecular formula is C25H35N3O5S. The summed E-state index contributed by atoms with van der Waals surface area (Å²) in [5.41, 5.74) is 1.53. The Morgan fingerprint density at radius 2 is 1.59 bits per heavy atom. The van der Waals surface area contributed by atoms with Gasteiger partial charge in [0.1, 0.15) is 0 Å². The van der Waals surface area contributed by atoms with Crippen LogP contribution in [0.15, 0.2) is 47.4 Å². The highest BCUT2D eigenvalue weighted by atomic mass is 32.2. The maximum absolute atomic E-state index is 13.5. The van der Waals surface area contributed by atoms with Gasteiger partial charge in [-0.05, 0) is 30.0 Å². The molecule has 1 heterocycles. The molecule has 0 saturated carbocycles. The summed E-state index contributed by atoms with van der Waals surface area (Å²) < 4.78 is 37.9. The van der Waals surface area contributed by atoms with E-state index in [9.17, 15) is 13.2 Å². The summed E-state index contributed by atoms with van der Waals surface area (Å²) in [6.07, 6.45) is 2.74. The van der Waals surface area contributed by atoms with Gasteiger partial charge >= 0.3 is 0 Å². The van der Waals surface area contributed by atoms with Crippen LogP contribution in [0.4, 0.5) is 0 Å². The van der Waals surface area contributed by atoms with Crippen LogP contribution in [0.3, 0.4) is 0 Å². The number of amides is 1. The highest BCUT2D eigenvalue weighted by molar-refractivity contribution is 7.89. The van der Waals surface area contributed by atoms with Gasteiger partial charge in [0.25, 0.3) is 0 Å². The van der Waals surface area contributed by atoms with Gasteiger partial charge in [-0.1, -0.05) is 30.3 Å². The Labute approximate surface area is 203 Å². The molecule has 34 heavy (non-hydrogen) atoms. The quantitative estimate of drug-likeness (QED) is 0.511. The molecule has 1 aliphatic rings. The van der Waals surface area contributed by atoms with Gasteiger partial charge in [0.2, 0.25) is 15.9 Å². The molecule has 0 radical (unpaired) electrons. The number of hydrogen-bond donors (Lipinski definition) is 0. The number of methoxy groups -OCH3 is 2. The predicted octanol–water partition coefficient (Wildman–Crippen LogP) is 2.62. The smallest absolute Gasteiger partial charge is 0.242 e. The molecule has 0 spiro atoms. The monoisotopic (exact) mass is 489 g/mol. The summed E-state index contributed by atoms with van der Waals surface area (Å²) in [4.78, 5) is 17.6. The van der Waals surface area contributed by atoms with Crippen molar-refractivity contribution in [1.29, 1.82) is 0 Å². The van der Waals surface area contributed by atoms with Crippen molar-refractivity contribution >= 4 is 15.9 Å². The van der Waals surface area contributed by atoms with Crippen molar-refractivity contribution in [3.63, 3.8) is 0 Å². The van der Waals surface area contributed by atoms with Crippen molar-refractivity contribution < 1.29 is 22.7 Å². The molecule has 2 aromatic rings. The molecule has 1 fully saturated rings. The third kappa shape index (κ3) is 5.71. The van der Waals surface area contributed by atoms with E-state index in [0.717, 1.165) is 35.8 Å². The van der Waals surface area contributed by atoms with Crippen molar-refractivity contribution in [2.75, 3.05) is 48.5 Å². The Hall–Kier alpha value is -2.62.